The Kier molecular flexibility index (Phi) is 5.32. The summed E-state index contributed by atoms with van der Waals surface area (Å²) in [6.45, 7) is 10.6. The van der Waals surface area contributed by atoms with Crippen LogP contribution in [0.25, 0.3) is 0 Å². The number of benzene rings is 1. The van der Waals surface area contributed by atoms with E-state index >= 15 is 0 Å². The lowest BCUT2D eigenvalue weighted by atomic mass is 10.1. The first-order valence-electron chi connectivity index (χ1n) is 7.08. The van der Waals surface area contributed by atoms with Gasteiger partial charge in [-0.3, -0.25) is 0 Å². The third-order valence-corrected chi connectivity index (χ3v) is 4.38. The summed E-state index contributed by atoms with van der Waals surface area (Å²) >= 11 is 1.78. The first-order valence-corrected chi connectivity index (χ1v) is 7.90. The molecule has 0 unspecified atom stereocenters. The number of rotatable bonds is 6. The summed E-state index contributed by atoms with van der Waals surface area (Å²) in [4.78, 5) is 2.50. The second-order valence-electron chi connectivity index (χ2n) is 5.58. The number of nitrogens with one attached hydrogen (secondary N) is 1. The maximum atomic E-state index is 5.38. The third kappa shape index (κ3) is 4.15. The fourth-order valence-corrected chi connectivity index (χ4v) is 2.99. The van der Waals surface area contributed by atoms with E-state index < -0.39 is 0 Å². The Morgan fingerprint density at radius 2 is 1.95 bits per heavy atom. The molecule has 0 aliphatic heterocycles. The van der Waals surface area contributed by atoms with Gasteiger partial charge in [0.25, 0.3) is 0 Å². The number of aryl methyl sites for hydroxylation is 2. The van der Waals surface area contributed by atoms with E-state index in [9.17, 15) is 0 Å². The summed E-state index contributed by atoms with van der Waals surface area (Å²) in [5.74, 6) is 1.66. The van der Waals surface area contributed by atoms with Crippen LogP contribution in [-0.2, 0) is 6.54 Å². The molecule has 3 heteroatoms. The van der Waals surface area contributed by atoms with Gasteiger partial charge in [0, 0.05) is 11.4 Å². The standard InChI is InChI=1S/C17H23NOS/c1-12(2)10-18-11-15-9-13(3)5-6-17(15)20-16-7-8-19-14(16)4/h5-9,12,18H,10-11H2,1-4H3. The van der Waals surface area contributed by atoms with Crippen LogP contribution in [0, 0.1) is 19.8 Å². The van der Waals surface area contributed by atoms with Crippen molar-refractivity contribution < 1.29 is 4.42 Å². The average Bonchev–Trinajstić information content (AvgIpc) is 2.78. The zero-order valence-corrected chi connectivity index (χ0v) is 13.5. The molecule has 0 bridgehead atoms. The molecule has 0 spiro atoms. The second-order valence-corrected chi connectivity index (χ2v) is 6.66. The van der Waals surface area contributed by atoms with Gasteiger partial charge in [-0.15, -0.1) is 0 Å². The van der Waals surface area contributed by atoms with Crippen LogP contribution in [0.5, 0.6) is 0 Å². The molecule has 1 aromatic carbocycles. The molecular formula is C17H23NOS. The third-order valence-electron chi connectivity index (χ3n) is 3.12. The van der Waals surface area contributed by atoms with Crippen molar-refractivity contribution in [3.8, 4) is 0 Å². The van der Waals surface area contributed by atoms with Crippen LogP contribution in [0.2, 0.25) is 0 Å². The summed E-state index contributed by atoms with van der Waals surface area (Å²) in [6.07, 6.45) is 1.75. The Morgan fingerprint density at radius 3 is 2.60 bits per heavy atom. The number of hydrogen-bond donors (Lipinski definition) is 1. The molecule has 0 saturated heterocycles. The molecule has 0 atom stereocenters. The van der Waals surface area contributed by atoms with E-state index in [2.05, 4.69) is 44.3 Å². The summed E-state index contributed by atoms with van der Waals surface area (Å²) in [5.41, 5.74) is 2.66. The second kappa shape index (κ2) is 7.00. The monoisotopic (exact) mass is 289 g/mol. The van der Waals surface area contributed by atoms with Crippen LogP contribution in [0.3, 0.4) is 0 Å². The smallest absolute Gasteiger partial charge is 0.114 e. The fraction of sp³-hybridized carbons (Fsp3) is 0.412. The van der Waals surface area contributed by atoms with Crippen LogP contribution in [0.1, 0.15) is 30.7 Å². The van der Waals surface area contributed by atoms with E-state index in [1.54, 1.807) is 18.0 Å². The van der Waals surface area contributed by atoms with Crippen molar-refractivity contribution in [1.82, 2.24) is 5.32 Å². The fourth-order valence-electron chi connectivity index (χ4n) is 2.04. The molecule has 20 heavy (non-hydrogen) atoms. The summed E-state index contributed by atoms with van der Waals surface area (Å²) in [6, 6.07) is 8.68. The lowest BCUT2D eigenvalue weighted by Gasteiger charge is -2.12. The van der Waals surface area contributed by atoms with Gasteiger partial charge >= 0.3 is 0 Å². The molecule has 1 heterocycles. The lowest BCUT2D eigenvalue weighted by molar-refractivity contribution is 0.527. The largest absolute Gasteiger partial charge is 0.468 e. The van der Waals surface area contributed by atoms with Crippen LogP contribution >= 0.6 is 11.8 Å². The Bertz CT molecular complexity index is 560. The Hall–Kier alpha value is -1.19. The molecule has 108 valence electrons. The Balaban J connectivity index is 2.13. The van der Waals surface area contributed by atoms with Crippen LogP contribution in [0.4, 0.5) is 0 Å². The van der Waals surface area contributed by atoms with Crippen molar-refractivity contribution in [3.63, 3.8) is 0 Å². The number of hydrogen-bond acceptors (Lipinski definition) is 3. The lowest BCUT2D eigenvalue weighted by Crippen LogP contribution is -2.19. The van der Waals surface area contributed by atoms with Crippen molar-refractivity contribution in [1.29, 1.82) is 0 Å². The van der Waals surface area contributed by atoms with Crippen molar-refractivity contribution in [2.75, 3.05) is 6.54 Å². The van der Waals surface area contributed by atoms with Gasteiger partial charge in [0.2, 0.25) is 0 Å². The van der Waals surface area contributed by atoms with E-state index in [1.807, 2.05) is 13.0 Å². The Morgan fingerprint density at radius 1 is 1.15 bits per heavy atom. The normalized spacial score (nSPS) is 11.2. The average molecular weight is 289 g/mol. The highest BCUT2D eigenvalue weighted by Gasteiger charge is 2.08. The zero-order valence-electron chi connectivity index (χ0n) is 12.7. The van der Waals surface area contributed by atoms with E-state index in [4.69, 9.17) is 4.42 Å². The highest BCUT2D eigenvalue weighted by atomic mass is 32.2. The Labute approximate surface area is 126 Å². The minimum absolute atomic E-state index is 0.673. The maximum Gasteiger partial charge on any atom is 0.114 e. The topological polar surface area (TPSA) is 25.2 Å². The predicted molar refractivity (Wildman–Crippen MR) is 85.3 cm³/mol. The van der Waals surface area contributed by atoms with Gasteiger partial charge in [-0.25, -0.2) is 0 Å². The molecule has 2 nitrogen and oxygen atoms in total. The van der Waals surface area contributed by atoms with Gasteiger partial charge in [-0.05, 0) is 44.0 Å². The summed E-state index contributed by atoms with van der Waals surface area (Å²) < 4.78 is 5.38. The number of furan rings is 1. The van der Waals surface area contributed by atoms with Gasteiger partial charge in [0.1, 0.15) is 5.76 Å². The molecule has 1 N–H and O–H groups in total. The molecule has 0 aliphatic rings. The van der Waals surface area contributed by atoms with Crippen molar-refractivity contribution in [2.24, 2.45) is 5.92 Å². The highest BCUT2D eigenvalue weighted by Crippen LogP contribution is 2.33. The minimum atomic E-state index is 0.673. The van der Waals surface area contributed by atoms with Crippen molar-refractivity contribution >= 4 is 11.8 Å². The maximum absolute atomic E-state index is 5.38. The van der Waals surface area contributed by atoms with Gasteiger partial charge in [-0.2, -0.15) is 0 Å². The van der Waals surface area contributed by atoms with Crippen molar-refractivity contribution in [3.05, 3.63) is 47.4 Å². The molecule has 0 amide bonds. The zero-order chi connectivity index (χ0) is 14.5. The molecule has 0 saturated carbocycles. The van der Waals surface area contributed by atoms with Crippen LogP contribution < -0.4 is 5.32 Å². The van der Waals surface area contributed by atoms with E-state index in [0.29, 0.717) is 5.92 Å². The molecule has 0 radical (unpaired) electrons. The van der Waals surface area contributed by atoms with E-state index in [1.165, 1.54) is 20.9 Å². The van der Waals surface area contributed by atoms with Gasteiger partial charge < -0.3 is 9.73 Å². The van der Waals surface area contributed by atoms with Crippen LogP contribution in [0.15, 0.2) is 44.7 Å². The quantitative estimate of drug-likeness (QED) is 0.827. The molecule has 0 fully saturated rings. The van der Waals surface area contributed by atoms with E-state index in [-0.39, 0.29) is 0 Å². The molecule has 2 rings (SSSR count). The summed E-state index contributed by atoms with van der Waals surface area (Å²) in [5, 5.41) is 3.53. The first-order chi connectivity index (χ1) is 9.56. The van der Waals surface area contributed by atoms with Gasteiger partial charge in [0.05, 0.1) is 11.2 Å². The molecular weight excluding hydrogens is 266 g/mol. The molecule has 2 aromatic rings. The molecule has 0 aliphatic carbocycles. The first kappa shape index (κ1) is 15.2. The van der Waals surface area contributed by atoms with Crippen LogP contribution in [-0.4, -0.2) is 6.54 Å². The minimum Gasteiger partial charge on any atom is -0.468 e. The highest BCUT2D eigenvalue weighted by molar-refractivity contribution is 7.99. The van der Waals surface area contributed by atoms with Crippen molar-refractivity contribution in [2.45, 2.75) is 44.0 Å². The predicted octanol–water partition coefficient (Wildman–Crippen LogP) is 4.79. The SMILES string of the molecule is Cc1ccc(Sc2ccoc2C)c(CNCC(C)C)c1. The van der Waals surface area contributed by atoms with Gasteiger partial charge in [0.15, 0.2) is 0 Å². The van der Waals surface area contributed by atoms with E-state index in [0.717, 1.165) is 18.8 Å². The van der Waals surface area contributed by atoms with Gasteiger partial charge in [-0.1, -0.05) is 43.3 Å². The molecule has 1 aromatic heterocycles. The summed E-state index contributed by atoms with van der Waals surface area (Å²) in [7, 11) is 0.